The van der Waals surface area contributed by atoms with Crippen LogP contribution in [-0.4, -0.2) is 25.0 Å². The van der Waals surface area contributed by atoms with Gasteiger partial charge in [-0.3, -0.25) is 9.59 Å². The molecule has 5 nitrogen and oxygen atoms in total. The van der Waals surface area contributed by atoms with E-state index in [1.165, 1.54) is 5.56 Å². The van der Waals surface area contributed by atoms with Gasteiger partial charge in [-0.1, -0.05) is 12.1 Å². The first-order chi connectivity index (χ1) is 11.1. The third-order valence-corrected chi connectivity index (χ3v) is 4.81. The zero-order valence-corrected chi connectivity index (χ0v) is 13.7. The van der Waals surface area contributed by atoms with Gasteiger partial charge in [0.15, 0.2) is 6.61 Å². The summed E-state index contributed by atoms with van der Waals surface area (Å²) in [6.45, 7) is 2.94. The Hall–Kier alpha value is -2.34. The lowest BCUT2D eigenvalue weighted by molar-refractivity contribution is -0.122. The van der Waals surface area contributed by atoms with E-state index in [2.05, 4.69) is 5.32 Å². The highest BCUT2D eigenvalue weighted by molar-refractivity contribution is 7.10. The molecule has 0 saturated carbocycles. The average molecular weight is 330 g/mol. The summed E-state index contributed by atoms with van der Waals surface area (Å²) in [4.78, 5) is 26.8. The molecule has 0 unspecified atom stereocenters. The van der Waals surface area contributed by atoms with E-state index in [1.807, 2.05) is 42.6 Å². The van der Waals surface area contributed by atoms with E-state index >= 15 is 0 Å². The van der Waals surface area contributed by atoms with Gasteiger partial charge >= 0.3 is 0 Å². The van der Waals surface area contributed by atoms with Gasteiger partial charge in [-0.05, 0) is 36.1 Å². The molecule has 2 heterocycles. The van der Waals surface area contributed by atoms with E-state index in [0.717, 1.165) is 10.6 Å². The monoisotopic (exact) mass is 330 g/mol. The van der Waals surface area contributed by atoms with Crippen LogP contribution in [0.5, 0.6) is 5.75 Å². The Morgan fingerprint density at radius 3 is 2.96 bits per heavy atom. The van der Waals surface area contributed by atoms with Crippen molar-refractivity contribution in [1.29, 1.82) is 0 Å². The summed E-state index contributed by atoms with van der Waals surface area (Å²) < 4.78 is 5.39. The molecule has 1 aliphatic rings. The van der Waals surface area contributed by atoms with Crippen LogP contribution < -0.4 is 15.0 Å². The molecular formula is C17H18N2O3S. The van der Waals surface area contributed by atoms with Gasteiger partial charge in [0.05, 0.1) is 12.2 Å². The van der Waals surface area contributed by atoms with Crippen molar-refractivity contribution < 1.29 is 14.3 Å². The number of benzene rings is 1. The zero-order chi connectivity index (χ0) is 16.2. The van der Waals surface area contributed by atoms with Gasteiger partial charge in [-0.2, -0.15) is 0 Å². The Kier molecular flexibility index (Phi) is 4.62. The number of hydrogen-bond donors (Lipinski definition) is 1. The van der Waals surface area contributed by atoms with Crippen LogP contribution >= 0.6 is 11.3 Å². The molecule has 23 heavy (non-hydrogen) atoms. The van der Waals surface area contributed by atoms with Gasteiger partial charge in [0.2, 0.25) is 5.91 Å². The molecule has 0 radical (unpaired) electrons. The first-order valence-electron chi connectivity index (χ1n) is 7.47. The average Bonchev–Trinajstić information content (AvgIpc) is 2.97. The number of hydrogen-bond acceptors (Lipinski definition) is 4. The number of rotatable bonds is 5. The summed E-state index contributed by atoms with van der Waals surface area (Å²) in [5, 5.41) is 4.92. The largest absolute Gasteiger partial charge is 0.482 e. The second-order valence-electron chi connectivity index (χ2n) is 5.36. The Bertz CT molecular complexity index is 726. The molecule has 1 aromatic carbocycles. The number of carbonyl (C=O) groups excluding carboxylic acids is 2. The van der Waals surface area contributed by atoms with Crippen molar-refractivity contribution in [3.05, 3.63) is 46.2 Å². The minimum Gasteiger partial charge on any atom is -0.482 e. The highest BCUT2D eigenvalue weighted by Crippen LogP contribution is 2.31. The molecule has 1 aromatic heterocycles. The second-order valence-corrected chi connectivity index (χ2v) is 6.36. The number of fused-ring (bicyclic) bond motifs is 1. The number of thiophene rings is 1. The molecule has 2 aromatic rings. The third kappa shape index (κ3) is 3.53. The smallest absolute Gasteiger partial charge is 0.265 e. The topological polar surface area (TPSA) is 58.6 Å². The summed E-state index contributed by atoms with van der Waals surface area (Å²) in [5.41, 5.74) is 1.92. The van der Waals surface area contributed by atoms with Crippen molar-refractivity contribution in [1.82, 2.24) is 5.32 Å². The SMILES string of the molecule is Cc1ccsc1CNC(=O)CCN1C(=O)COc2ccccc21. The molecule has 0 spiro atoms. The van der Waals surface area contributed by atoms with Crippen molar-refractivity contribution in [3.8, 4) is 5.75 Å². The molecule has 2 amide bonds. The second kappa shape index (κ2) is 6.83. The number of para-hydroxylation sites is 2. The van der Waals surface area contributed by atoms with Crippen LogP contribution in [0.4, 0.5) is 5.69 Å². The molecule has 0 saturated heterocycles. The van der Waals surface area contributed by atoms with Crippen molar-refractivity contribution >= 4 is 28.8 Å². The molecule has 0 bridgehead atoms. The van der Waals surface area contributed by atoms with E-state index in [-0.39, 0.29) is 24.8 Å². The van der Waals surface area contributed by atoms with Gasteiger partial charge in [-0.15, -0.1) is 11.3 Å². The molecule has 120 valence electrons. The molecule has 0 fully saturated rings. The van der Waals surface area contributed by atoms with Gasteiger partial charge in [-0.25, -0.2) is 0 Å². The molecule has 6 heteroatoms. The van der Waals surface area contributed by atoms with Gasteiger partial charge in [0, 0.05) is 17.8 Å². The maximum atomic E-state index is 12.0. The van der Waals surface area contributed by atoms with E-state index in [0.29, 0.717) is 18.8 Å². The van der Waals surface area contributed by atoms with Crippen molar-refractivity contribution in [3.63, 3.8) is 0 Å². The highest BCUT2D eigenvalue weighted by atomic mass is 32.1. The van der Waals surface area contributed by atoms with Crippen LogP contribution in [0.15, 0.2) is 35.7 Å². The van der Waals surface area contributed by atoms with E-state index < -0.39 is 0 Å². The molecular weight excluding hydrogens is 312 g/mol. The van der Waals surface area contributed by atoms with Crippen molar-refractivity contribution in [2.75, 3.05) is 18.1 Å². The predicted molar refractivity (Wildman–Crippen MR) is 89.8 cm³/mol. The number of aryl methyl sites for hydroxylation is 1. The van der Waals surface area contributed by atoms with Crippen LogP contribution in [0.3, 0.4) is 0 Å². The van der Waals surface area contributed by atoms with E-state index in [1.54, 1.807) is 16.2 Å². The Morgan fingerprint density at radius 1 is 1.35 bits per heavy atom. The van der Waals surface area contributed by atoms with Crippen LogP contribution in [0.2, 0.25) is 0 Å². The minimum absolute atomic E-state index is 0.0209. The van der Waals surface area contributed by atoms with Gasteiger partial charge < -0.3 is 15.0 Å². The van der Waals surface area contributed by atoms with Crippen LogP contribution in [0.1, 0.15) is 16.9 Å². The number of nitrogens with zero attached hydrogens (tertiary/aromatic N) is 1. The lowest BCUT2D eigenvalue weighted by Crippen LogP contribution is -2.41. The quantitative estimate of drug-likeness (QED) is 0.916. The predicted octanol–water partition coefficient (Wildman–Crippen LogP) is 2.49. The third-order valence-electron chi connectivity index (χ3n) is 3.79. The van der Waals surface area contributed by atoms with Crippen LogP contribution in [0, 0.1) is 6.92 Å². The number of carbonyl (C=O) groups is 2. The minimum atomic E-state index is -0.120. The molecule has 3 rings (SSSR count). The van der Waals surface area contributed by atoms with Gasteiger partial charge in [0.1, 0.15) is 5.75 Å². The number of ether oxygens (including phenoxy) is 1. The molecule has 1 N–H and O–H groups in total. The standard InChI is InChI=1S/C17H18N2O3S/c1-12-7-9-23-15(12)10-18-16(20)6-8-19-13-4-2-3-5-14(13)22-11-17(19)21/h2-5,7,9H,6,8,10-11H2,1H3,(H,18,20). The summed E-state index contributed by atoms with van der Waals surface area (Å²) in [6.07, 6.45) is 0.268. The first kappa shape index (κ1) is 15.6. The Morgan fingerprint density at radius 2 is 2.17 bits per heavy atom. The molecule has 1 aliphatic heterocycles. The Labute approximate surface area is 138 Å². The lowest BCUT2D eigenvalue weighted by Gasteiger charge is -2.29. The zero-order valence-electron chi connectivity index (χ0n) is 12.9. The fourth-order valence-electron chi connectivity index (χ4n) is 2.46. The number of nitrogens with one attached hydrogen (secondary N) is 1. The maximum absolute atomic E-state index is 12.0. The van der Waals surface area contributed by atoms with Gasteiger partial charge in [0.25, 0.3) is 5.91 Å². The molecule has 0 aliphatic carbocycles. The lowest BCUT2D eigenvalue weighted by atomic mass is 10.2. The van der Waals surface area contributed by atoms with Crippen LogP contribution in [-0.2, 0) is 16.1 Å². The highest BCUT2D eigenvalue weighted by Gasteiger charge is 2.25. The fraction of sp³-hybridized carbons (Fsp3) is 0.294. The number of amides is 2. The summed E-state index contributed by atoms with van der Waals surface area (Å²) in [7, 11) is 0. The van der Waals surface area contributed by atoms with Crippen LogP contribution in [0.25, 0.3) is 0 Å². The van der Waals surface area contributed by atoms with Crippen molar-refractivity contribution in [2.45, 2.75) is 19.9 Å². The number of anilines is 1. The van der Waals surface area contributed by atoms with E-state index in [9.17, 15) is 9.59 Å². The maximum Gasteiger partial charge on any atom is 0.265 e. The first-order valence-corrected chi connectivity index (χ1v) is 8.35. The molecule has 0 atom stereocenters. The Balaban J connectivity index is 1.56. The normalized spacial score (nSPS) is 13.4. The summed E-state index contributed by atoms with van der Waals surface area (Å²) in [6, 6.07) is 9.42. The van der Waals surface area contributed by atoms with Crippen molar-refractivity contribution in [2.24, 2.45) is 0 Å². The summed E-state index contributed by atoms with van der Waals surface area (Å²) in [5.74, 6) is 0.502. The fourth-order valence-corrected chi connectivity index (χ4v) is 3.31. The van der Waals surface area contributed by atoms with E-state index in [4.69, 9.17) is 4.74 Å². The summed E-state index contributed by atoms with van der Waals surface area (Å²) >= 11 is 1.63.